The Bertz CT molecular complexity index is 705. The average molecular weight is 307 g/mol. The number of hydrogen-bond donors (Lipinski definition) is 1. The highest BCUT2D eigenvalue weighted by atomic mass is 32.1. The Morgan fingerprint density at radius 3 is 2.90 bits per heavy atom. The van der Waals surface area contributed by atoms with Gasteiger partial charge in [-0.05, 0) is 12.8 Å². The van der Waals surface area contributed by atoms with Crippen LogP contribution in [-0.2, 0) is 16.0 Å². The molecule has 1 saturated heterocycles. The molecule has 2 atom stereocenters. The van der Waals surface area contributed by atoms with Gasteiger partial charge in [0, 0.05) is 30.4 Å². The molecule has 3 heterocycles. The molecule has 6 nitrogen and oxygen atoms in total. The van der Waals surface area contributed by atoms with Gasteiger partial charge in [-0.25, -0.2) is 4.98 Å². The van der Waals surface area contributed by atoms with Crippen molar-refractivity contribution in [2.45, 2.75) is 20.3 Å². The van der Waals surface area contributed by atoms with Crippen molar-refractivity contribution in [1.29, 1.82) is 0 Å². The fourth-order valence-electron chi connectivity index (χ4n) is 2.83. The molecule has 0 radical (unpaired) electrons. The first kappa shape index (κ1) is 14.1. The first-order valence-corrected chi connectivity index (χ1v) is 7.76. The highest BCUT2D eigenvalue weighted by Crippen LogP contribution is 2.24. The number of fused-ring (bicyclic) bond motifs is 1. The predicted octanol–water partition coefficient (Wildman–Crippen LogP) is 1.43. The smallest absolute Gasteiger partial charge is 0.308 e. The quantitative estimate of drug-likeness (QED) is 0.930. The van der Waals surface area contributed by atoms with Crippen LogP contribution in [0.1, 0.15) is 18.3 Å². The number of rotatable bonds is 3. The van der Waals surface area contributed by atoms with Crippen molar-refractivity contribution in [2.24, 2.45) is 11.8 Å². The third kappa shape index (κ3) is 2.53. The topological polar surface area (TPSA) is 74.9 Å². The molecule has 0 aromatic carbocycles. The van der Waals surface area contributed by atoms with Crippen LogP contribution in [0.25, 0.3) is 4.96 Å². The van der Waals surface area contributed by atoms with Crippen LogP contribution in [0.3, 0.4) is 0 Å². The lowest BCUT2D eigenvalue weighted by Crippen LogP contribution is -2.31. The second-order valence-corrected chi connectivity index (χ2v) is 6.50. The Hall–Kier alpha value is -1.89. The Labute approximate surface area is 126 Å². The van der Waals surface area contributed by atoms with E-state index in [1.807, 2.05) is 29.8 Å². The van der Waals surface area contributed by atoms with Gasteiger partial charge in [0.25, 0.3) is 0 Å². The summed E-state index contributed by atoms with van der Waals surface area (Å²) < 4.78 is 1.94. The van der Waals surface area contributed by atoms with Crippen molar-refractivity contribution in [2.75, 3.05) is 13.1 Å². The van der Waals surface area contributed by atoms with Crippen LogP contribution >= 0.6 is 11.3 Å². The van der Waals surface area contributed by atoms with E-state index in [-0.39, 0.29) is 18.2 Å². The van der Waals surface area contributed by atoms with Crippen molar-refractivity contribution in [1.82, 2.24) is 14.3 Å². The van der Waals surface area contributed by atoms with Gasteiger partial charge in [-0.3, -0.25) is 14.0 Å². The van der Waals surface area contributed by atoms with Gasteiger partial charge in [0.2, 0.25) is 5.91 Å². The minimum absolute atomic E-state index is 0.00410. The summed E-state index contributed by atoms with van der Waals surface area (Å²) in [4.78, 5) is 30.4. The number of carbonyl (C=O) groups is 2. The molecule has 2 aromatic rings. The second kappa shape index (κ2) is 5.14. The highest BCUT2D eigenvalue weighted by molar-refractivity contribution is 7.15. The number of aryl methyl sites for hydroxylation is 1. The molecule has 7 heteroatoms. The normalized spacial score (nSPS) is 22.1. The zero-order valence-electron chi connectivity index (χ0n) is 11.9. The molecule has 1 fully saturated rings. The van der Waals surface area contributed by atoms with Crippen LogP contribution in [0, 0.1) is 18.8 Å². The number of thiazole rings is 1. The number of hydrogen-bond acceptors (Lipinski definition) is 4. The van der Waals surface area contributed by atoms with Crippen molar-refractivity contribution < 1.29 is 14.7 Å². The van der Waals surface area contributed by atoms with Crippen molar-refractivity contribution in [3.05, 3.63) is 23.0 Å². The van der Waals surface area contributed by atoms with Gasteiger partial charge < -0.3 is 10.0 Å². The van der Waals surface area contributed by atoms with Crippen LogP contribution in [0.4, 0.5) is 0 Å². The Kier molecular flexibility index (Phi) is 3.44. The van der Waals surface area contributed by atoms with Crippen molar-refractivity contribution >= 4 is 28.2 Å². The van der Waals surface area contributed by atoms with E-state index in [0.29, 0.717) is 13.1 Å². The maximum atomic E-state index is 12.4. The zero-order valence-corrected chi connectivity index (χ0v) is 12.8. The summed E-state index contributed by atoms with van der Waals surface area (Å²) in [7, 11) is 0. The second-order valence-electron chi connectivity index (χ2n) is 5.66. The van der Waals surface area contributed by atoms with E-state index in [2.05, 4.69) is 4.98 Å². The molecule has 2 aromatic heterocycles. The maximum Gasteiger partial charge on any atom is 0.308 e. The highest BCUT2D eigenvalue weighted by Gasteiger charge is 2.36. The summed E-state index contributed by atoms with van der Waals surface area (Å²) >= 11 is 1.51. The van der Waals surface area contributed by atoms with Gasteiger partial charge >= 0.3 is 5.97 Å². The molecule has 0 unspecified atom stereocenters. The van der Waals surface area contributed by atoms with E-state index >= 15 is 0 Å². The lowest BCUT2D eigenvalue weighted by molar-refractivity contribution is -0.142. The summed E-state index contributed by atoms with van der Waals surface area (Å²) in [5.41, 5.74) is 1.84. The van der Waals surface area contributed by atoms with E-state index in [1.165, 1.54) is 11.3 Å². The Morgan fingerprint density at radius 2 is 2.24 bits per heavy atom. The molecular formula is C14H17N3O3S. The summed E-state index contributed by atoms with van der Waals surface area (Å²) in [5, 5.41) is 11.1. The number of carboxylic acid groups (broad SMARTS) is 1. The molecule has 0 bridgehead atoms. The lowest BCUT2D eigenvalue weighted by atomic mass is 9.99. The van der Waals surface area contributed by atoms with Crippen LogP contribution in [0.5, 0.6) is 0 Å². The third-order valence-electron chi connectivity index (χ3n) is 4.02. The number of nitrogens with zero attached hydrogens (tertiary/aromatic N) is 3. The lowest BCUT2D eigenvalue weighted by Gasteiger charge is -2.15. The standard InChI is InChI=1S/C14H17N3O3S/c1-8-4-16(6-11(8)13(19)20)12(18)3-10-7-21-14-15-9(2)5-17(10)14/h5,7-8,11H,3-4,6H2,1-2H3,(H,19,20)/t8-,11-/m1/s1. The minimum Gasteiger partial charge on any atom is -0.481 e. The molecule has 3 rings (SSSR count). The Morgan fingerprint density at radius 1 is 1.48 bits per heavy atom. The number of carbonyl (C=O) groups excluding carboxylic acids is 1. The summed E-state index contributed by atoms with van der Waals surface area (Å²) in [6.45, 7) is 4.64. The molecule has 0 saturated carbocycles. The molecule has 1 amide bonds. The monoisotopic (exact) mass is 307 g/mol. The maximum absolute atomic E-state index is 12.4. The summed E-state index contributed by atoms with van der Waals surface area (Å²) in [5.74, 6) is -1.28. The van der Waals surface area contributed by atoms with E-state index in [9.17, 15) is 9.59 Å². The third-order valence-corrected chi connectivity index (χ3v) is 4.91. The first-order chi connectivity index (χ1) is 9.95. The van der Waals surface area contributed by atoms with Crippen LogP contribution < -0.4 is 0 Å². The van der Waals surface area contributed by atoms with E-state index in [4.69, 9.17) is 5.11 Å². The van der Waals surface area contributed by atoms with E-state index in [1.54, 1.807) is 4.90 Å². The molecular weight excluding hydrogens is 290 g/mol. The van der Waals surface area contributed by atoms with Gasteiger partial charge in [0.05, 0.1) is 18.0 Å². The molecule has 1 aliphatic heterocycles. The molecule has 0 spiro atoms. The van der Waals surface area contributed by atoms with Crippen LogP contribution in [0.2, 0.25) is 0 Å². The van der Waals surface area contributed by atoms with Crippen LogP contribution in [-0.4, -0.2) is 44.4 Å². The SMILES string of the molecule is Cc1cn2c(CC(=O)N3C[C@@H](C)[C@H](C(=O)O)C3)csc2n1. The average Bonchev–Trinajstić information content (AvgIpc) is 3.05. The van der Waals surface area contributed by atoms with Crippen molar-refractivity contribution in [3.63, 3.8) is 0 Å². The molecule has 0 aliphatic carbocycles. The summed E-state index contributed by atoms with van der Waals surface area (Å²) in [6.07, 6.45) is 2.20. The van der Waals surface area contributed by atoms with Gasteiger partial charge in [-0.1, -0.05) is 6.92 Å². The molecule has 1 aliphatic rings. The van der Waals surface area contributed by atoms with Gasteiger partial charge in [0.15, 0.2) is 4.96 Å². The van der Waals surface area contributed by atoms with Gasteiger partial charge in [0.1, 0.15) is 0 Å². The molecule has 21 heavy (non-hydrogen) atoms. The van der Waals surface area contributed by atoms with Crippen molar-refractivity contribution in [3.8, 4) is 0 Å². The summed E-state index contributed by atoms with van der Waals surface area (Å²) in [6, 6.07) is 0. The predicted molar refractivity (Wildman–Crippen MR) is 78.4 cm³/mol. The van der Waals surface area contributed by atoms with E-state index < -0.39 is 11.9 Å². The Balaban J connectivity index is 1.73. The van der Waals surface area contributed by atoms with E-state index in [0.717, 1.165) is 16.3 Å². The number of likely N-dealkylation sites (tertiary alicyclic amines) is 1. The number of imidazole rings is 1. The molecule has 1 N–H and O–H groups in total. The fraction of sp³-hybridized carbons (Fsp3) is 0.500. The number of aliphatic carboxylic acids is 1. The number of aromatic nitrogens is 2. The van der Waals surface area contributed by atoms with Gasteiger partial charge in [-0.15, -0.1) is 11.3 Å². The zero-order chi connectivity index (χ0) is 15.1. The largest absolute Gasteiger partial charge is 0.481 e. The van der Waals surface area contributed by atoms with Gasteiger partial charge in [-0.2, -0.15) is 0 Å². The number of amides is 1. The fourth-order valence-corrected chi connectivity index (χ4v) is 3.75. The number of carboxylic acids is 1. The minimum atomic E-state index is -0.819. The first-order valence-electron chi connectivity index (χ1n) is 6.88. The molecule has 112 valence electrons. The van der Waals surface area contributed by atoms with Crippen LogP contribution in [0.15, 0.2) is 11.6 Å².